The normalized spacial score (nSPS) is 11.2. The van der Waals surface area contributed by atoms with E-state index in [1.807, 2.05) is 35.9 Å². The molecule has 0 atom stereocenters. The quantitative estimate of drug-likeness (QED) is 0.608. The first-order valence-electron chi connectivity index (χ1n) is 8.65. The van der Waals surface area contributed by atoms with Gasteiger partial charge in [-0.1, -0.05) is 25.1 Å². The first-order valence-corrected chi connectivity index (χ1v) is 8.65. The zero-order valence-corrected chi connectivity index (χ0v) is 14.7. The zero-order chi connectivity index (χ0) is 18.1. The van der Waals surface area contributed by atoms with Crippen LogP contribution in [0.25, 0.3) is 21.9 Å². The fraction of sp³-hybridized carbons (Fsp3) is 0.200. The summed E-state index contributed by atoms with van der Waals surface area (Å²) in [5, 5.41) is 9.41. The molecule has 1 amide bonds. The van der Waals surface area contributed by atoms with Gasteiger partial charge in [0.2, 0.25) is 0 Å². The highest BCUT2D eigenvalue weighted by atomic mass is 16.1. The van der Waals surface area contributed by atoms with E-state index in [4.69, 9.17) is 4.98 Å². The second-order valence-corrected chi connectivity index (χ2v) is 6.27. The van der Waals surface area contributed by atoms with Gasteiger partial charge in [0.25, 0.3) is 5.91 Å². The van der Waals surface area contributed by atoms with Crippen LogP contribution in [0.4, 0.5) is 5.82 Å². The van der Waals surface area contributed by atoms with Crippen LogP contribution in [0.1, 0.15) is 29.3 Å². The van der Waals surface area contributed by atoms with E-state index in [0.29, 0.717) is 11.4 Å². The Labute approximate surface area is 150 Å². The summed E-state index contributed by atoms with van der Waals surface area (Å²) in [7, 11) is 0. The van der Waals surface area contributed by atoms with Gasteiger partial charge in [0.15, 0.2) is 11.5 Å². The average Bonchev–Trinajstić information content (AvgIpc) is 2.98. The highest BCUT2D eigenvalue weighted by molar-refractivity contribution is 6.08. The summed E-state index contributed by atoms with van der Waals surface area (Å²) >= 11 is 0. The van der Waals surface area contributed by atoms with Crippen molar-refractivity contribution in [2.24, 2.45) is 0 Å². The highest BCUT2D eigenvalue weighted by Gasteiger charge is 2.16. The number of aromatic nitrogens is 4. The number of carbonyl (C=O) groups is 1. The van der Waals surface area contributed by atoms with Crippen molar-refractivity contribution in [3.8, 4) is 0 Å². The van der Waals surface area contributed by atoms with E-state index < -0.39 is 0 Å². The molecule has 0 saturated heterocycles. The first kappa shape index (κ1) is 16.2. The van der Waals surface area contributed by atoms with Crippen LogP contribution in [-0.4, -0.2) is 25.7 Å². The molecule has 0 bridgehead atoms. The lowest BCUT2D eigenvalue weighted by atomic mass is 10.1. The van der Waals surface area contributed by atoms with Gasteiger partial charge in [0.05, 0.1) is 10.9 Å². The van der Waals surface area contributed by atoms with Gasteiger partial charge in [0.1, 0.15) is 0 Å². The Hall–Kier alpha value is -3.28. The summed E-state index contributed by atoms with van der Waals surface area (Å²) in [6.45, 7) is 4.88. The standard InChI is InChI=1S/C20H19N5O/c1-3-11-25-19-16(12-15-6-4-5-13(2)17(15)22-19)18(24-25)23-20(26)14-7-9-21-10-8-14/h4-10,12H,3,11H2,1-2H3,(H,23,24,26). The first-order chi connectivity index (χ1) is 12.7. The third-order valence-electron chi connectivity index (χ3n) is 4.36. The van der Waals surface area contributed by atoms with Crippen molar-refractivity contribution in [3.05, 3.63) is 59.9 Å². The summed E-state index contributed by atoms with van der Waals surface area (Å²) < 4.78 is 1.86. The molecule has 4 rings (SSSR count). The number of anilines is 1. The van der Waals surface area contributed by atoms with Crippen molar-refractivity contribution in [2.75, 3.05) is 5.32 Å². The SMILES string of the molecule is CCCn1nc(NC(=O)c2ccncc2)c2cc3cccc(C)c3nc21. The van der Waals surface area contributed by atoms with Crippen LogP contribution in [0.2, 0.25) is 0 Å². The summed E-state index contributed by atoms with van der Waals surface area (Å²) in [6.07, 6.45) is 4.13. The third-order valence-corrected chi connectivity index (χ3v) is 4.36. The predicted octanol–water partition coefficient (Wildman–Crippen LogP) is 3.95. The summed E-state index contributed by atoms with van der Waals surface area (Å²) in [6, 6.07) is 11.5. The maximum absolute atomic E-state index is 12.5. The number of pyridine rings is 2. The monoisotopic (exact) mass is 345 g/mol. The number of nitrogens with zero attached hydrogens (tertiary/aromatic N) is 4. The fourth-order valence-corrected chi connectivity index (χ4v) is 3.07. The Morgan fingerprint density at radius 1 is 1.19 bits per heavy atom. The van der Waals surface area contributed by atoms with Crippen LogP contribution < -0.4 is 5.32 Å². The van der Waals surface area contributed by atoms with Gasteiger partial charge < -0.3 is 5.32 Å². The molecule has 0 aliphatic heterocycles. The molecular weight excluding hydrogens is 326 g/mol. The minimum absolute atomic E-state index is 0.209. The lowest BCUT2D eigenvalue weighted by molar-refractivity contribution is 0.102. The van der Waals surface area contributed by atoms with Gasteiger partial charge in [0, 0.05) is 29.9 Å². The van der Waals surface area contributed by atoms with E-state index in [9.17, 15) is 4.79 Å². The van der Waals surface area contributed by atoms with Gasteiger partial charge >= 0.3 is 0 Å². The van der Waals surface area contributed by atoms with Crippen LogP contribution in [0.15, 0.2) is 48.8 Å². The van der Waals surface area contributed by atoms with Gasteiger partial charge in [-0.3, -0.25) is 9.78 Å². The number of hydrogen-bond donors (Lipinski definition) is 1. The van der Waals surface area contributed by atoms with E-state index in [0.717, 1.165) is 40.5 Å². The van der Waals surface area contributed by atoms with E-state index in [1.54, 1.807) is 24.5 Å². The molecule has 3 aromatic heterocycles. The molecule has 1 aromatic carbocycles. The highest BCUT2D eigenvalue weighted by Crippen LogP contribution is 2.27. The van der Waals surface area contributed by atoms with Crippen LogP contribution in [0.5, 0.6) is 0 Å². The number of para-hydroxylation sites is 1. The van der Waals surface area contributed by atoms with Crippen molar-refractivity contribution in [1.82, 2.24) is 19.7 Å². The number of carbonyl (C=O) groups excluding carboxylic acids is 1. The average molecular weight is 345 g/mol. The van der Waals surface area contributed by atoms with Gasteiger partial charge in [-0.25, -0.2) is 9.67 Å². The van der Waals surface area contributed by atoms with E-state index in [2.05, 4.69) is 22.3 Å². The number of fused-ring (bicyclic) bond motifs is 2. The molecule has 0 unspecified atom stereocenters. The molecular formula is C20H19N5O. The molecule has 0 aliphatic carbocycles. The molecule has 1 N–H and O–H groups in total. The van der Waals surface area contributed by atoms with Crippen LogP contribution in [-0.2, 0) is 6.54 Å². The third kappa shape index (κ3) is 2.79. The zero-order valence-electron chi connectivity index (χ0n) is 14.7. The molecule has 130 valence electrons. The minimum atomic E-state index is -0.209. The molecule has 0 saturated carbocycles. The second-order valence-electron chi connectivity index (χ2n) is 6.27. The van der Waals surface area contributed by atoms with Crippen LogP contribution >= 0.6 is 0 Å². The van der Waals surface area contributed by atoms with Gasteiger partial charge in [-0.2, -0.15) is 5.10 Å². The summed E-state index contributed by atoms with van der Waals surface area (Å²) in [5.41, 5.74) is 3.42. The lowest BCUT2D eigenvalue weighted by Crippen LogP contribution is -2.12. The Morgan fingerprint density at radius 3 is 2.77 bits per heavy atom. The number of hydrogen-bond acceptors (Lipinski definition) is 4. The number of aryl methyl sites for hydroxylation is 2. The largest absolute Gasteiger partial charge is 0.304 e. The lowest BCUT2D eigenvalue weighted by Gasteiger charge is -2.04. The van der Waals surface area contributed by atoms with E-state index in [-0.39, 0.29) is 5.91 Å². The van der Waals surface area contributed by atoms with E-state index in [1.165, 1.54) is 0 Å². The van der Waals surface area contributed by atoms with Crippen molar-refractivity contribution < 1.29 is 4.79 Å². The summed E-state index contributed by atoms with van der Waals surface area (Å²) in [4.78, 5) is 21.3. The van der Waals surface area contributed by atoms with Gasteiger partial charge in [-0.05, 0) is 37.1 Å². The molecule has 4 aromatic rings. The van der Waals surface area contributed by atoms with Crippen LogP contribution in [0, 0.1) is 6.92 Å². The van der Waals surface area contributed by atoms with Crippen molar-refractivity contribution in [3.63, 3.8) is 0 Å². The number of benzene rings is 1. The van der Waals surface area contributed by atoms with Crippen molar-refractivity contribution in [2.45, 2.75) is 26.8 Å². The molecule has 6 heteroatoms. The molecule has 0 fully saturated rings. The minimum Gasteiger partial charge on any atom is -0.304 e. The predicted molar refractivity (Wildman–Crippen MR) is 102 cm³/mol. The Balaban J connectivity index is 1.85. The van der Waals surface area contributed by atoms with Gasteiger partial charge in [-0.15, -0.1) is 0 Å². The Morgan fingerprint density at radius 2 is 2.00 bits per heavy atom. The molecule has 0 aliphatic rings. The fourth-order valence-electron chi connectivity index (χ4n) is 3.07. The Kier molecular flexibility index (Phi) is 4.08. The molecule has 26 heavy (non-hydrogen) atoms. The Bertz CT molecular complexity index is 1100. The molecule has 0 spiro atoms. The molecule has 0 radical (unpaired) electrons. The second kappa shape index (κ2) is 6.55. The maximum Gasteiger partial charge on any atom is 0.256 e. The molecule has 6 nitrogen and oxygen atoms in total. The van der Waals surface area contributed by atoms with Crippen molar-refractivity contribution >= 4 is 33.7 Å². The number of rotatable bonds is 4. The number of nitrogens with one attached hydrogen (secondary N) is 1. The van der Waals surface area contributed by atoms with Crippen molar-refractivity contribution in [1.29, 1.82) is 0 Å². The number of amides is 1. The van der Waals surface area contributed by atoms with E-state index >= 15 is 0 Å². The smallest absolute Gasteiger partial charge is 0.256 e. The molecule has 3 heterocycles. The summed E-state index contributed by atoms with van der Waals surface area (Å²) in [5.74, 6) is 0.325. The van der Waals surface area contributed by atoms with Crippen LogP contribution in [0.3, 0.4) is 0 Å². The topological polar surface area (TPSA) is 72.7 Å². The maximum atomic E-state index is 12.5.